The fraction of sp³-hybridized carbons (Fsp3) is 0.250. The van der Waals surface area contributed by atoms with Gasteiger partial charge in [-0.2, -0.15) is 5.10 Å². The van der Waals surface area contributed by atoms with Crippen LogP contribution >= 0.6 is 22.9 Å². The molecule has 0 radical (unpaired) electrons. The molecule has 1 aromatic carbocycles. The van der Waals surface area contributed by atoms with Crippen molar-refractivity contribution in [2.45, 2.75) is 19.3 Å². The maximum atomic E-state index is 5.89. The molecule has 1 atom stereocenters. The first-order valence-electron chi connectivity index (χ1n) is 6.97. The summed E-state index contributed by atoms with van der Waals surface area (Å²) in [6.45, 7) is 0. The van der Waals surface area contributed by atoms with Crippen LogP contribution in [0.1, 0.15) is 19.3 Å². The minimum atomic E-state index is 0.540. The number of aromatic nitrogens is 1. The van der Waals surface area contributed by atoms with Gasteiger partial charge < -0.3 is 0 Å². The van der Waals surface area contributed by atoms with Crippen molar-refractivity contribution in [3.8, 4) is 11.3 Å². The minimum Gasteiger partial charge on any atom is -0.253 e. The smallest absolute Gasteiger partial charge is 0.203 e. The maximum Gasteiger partial charge on any atom is 0.203 e. The van der Waals surface area contributed by atoms with Crippen LogP contribution in [-0.2, 0) is 0 Å². The Bertz CT molecular complexity index is 646. The molecule has 3 rings (SSSR count). The van der Waals surface area contributed by atoms with Gasteiger partial charge in [-0.25, -0.2) is 4.98 Å². The first-order valence-corrected chi connectivity index (χ1v) is 8.23. The van der Waals surface area contributed by atoms with E-state index < -0.39 is 0 Å². The Morgan fingerprint density at radius 3 is 2.90 bits per heavy atom. The molecule has 21 heavy (non-hydrogen) atoms. The van der Waals surface area contributed by atoms with E-state index in [4.69, 9.17) is 11.6 Å². The van der Waals surface area contributed by atoms with Crippen LogP contribution in [0.2, 0.25) is 5.02 Å². The molecule has 0 spiro atoms. The van der Waals surface area contributed by atoms with Gasteiger partial charge in [-0.1, -0.05) is 35.9 Å². The molecule has 0 saturated heterocycles. The highest BCUT2D eigenvalue weighted by atomic mass is 35.5. The van der Waals surface area contributed by atoms with Crippen molar-refractivity contribution in [1.29, 1.82) is 0 Å². The molecule has 0 saturated carbocycles. The number of benzene rings is 1. The van der Waals surface area contributed by atoms with Gasteiger partial charge in [-0.3, -0.25) is 5.43 Å². The van der Waals surface area contributed by atoms with Crippen LogP contribution in [0.4, 0.5) is 5.13 Å². The van der Waals surface area contributed by atoms with E-state index in [1.807, 2.05) is 35.9 Å². The summed E-state index contributed by atoms with van der Waals surface area (Å²) < 4.78 is 0. The zero-order valence-electron chi connectivity index (χ0n) is 11.5. The fourth-order valence-corrected chi connectivity index (χ4v) is 3.02. The fourth-order valence-electron chi connectivity index (χ4n) is 2.23. The summed E-state index contributed by atoms with van der Waals surface area (Å²) in [5.41, 5.74) is 5.02. The van der Waals surface area contributed by atoms with E-state index in [1.165, 1.54) is 6.42 Å². The molecule has 3 nitrogen and oxygen atoms in total. The second-order valence-corrected chi connectivity index (χ2v) is 6.27. The van der Waals surface area contributed by atoms with Crippen LogP contribution in [0, 0.1) is 5.92 Å². The SMILES string of the molecule is Clc1ccc(-c2csc(NN=CC3CC=CCC3)n2)cc1. The molecule has 108 valence electrons. The molecule has 1 aliphatic rings. The first kappa shape index (κ1) is 14.3. The van der Waals surface area contributed by atoms with Gasteiger partial charge in [0.1, 0.15) is 0 Å². The highest BCUT2D eigenvalue weighted by molar-refractivity contribution is 7.14. The number of hydrazone groups is 1. The molecule has 0 aliphatic heterocycles. The molecule has 5 heteroatoms. The van der Waals surface area contributed by atoms with Crippen molar-refractivity contribution < 1.29 is 0 Å². The van der Waals surface area contributed by atoms with Gasteiger partial charge in [-0.15, -0.1) is 11.3 Å². The van der Waals surface area contributed by atoms with Crippen molar-refractivity contribution in [3.05, 3.63) is 46.8 Å². The van der Waals surface area contributed by atoms with Crippen molar-refractivity contribution in [2.24, 2.45) is 11.0 Å². The van der Waals surface area contributed by atoms with Gasteiger partial charge in [0.05, 0.1) is 5.69 Å². The molecule has 0 bridgehead atoms. The van der Waals surface area contributed by atoms with Crippen LogP contribution in [0.25, 0.3) is 11.3 Å². The number of hydrogen-bond donors (Lipinski definition) is 1. The third-order valence-corrected chi connectivity index (χ3v) is 4.40. The summed E-state index contributed by atoms with van der Waals surface area (Å²) >= 11 is 7.44. The van der Waals surface area contributed by atoms with Gasteiger partial charge in [0, 0.05) is 22.2 Å². The van der Waals surface area contributed by atoms with E-state index in [0.717, 1.165) is 34.3 Å². The Labute approximate surface area is 133 Å². The van der Waals surface area contributed by atoms with Gasteiger partial charge in [0.25, 0.3) is 0 Å². The molecule has 0 amide bonds. The Morgan fingerprint density at radius 2 is 2.14 bits per heavy atom. The third kappa shape index (κ3) is 3.93. The molecule has 1 N–H and O–H groups in total. The lowest BCUT2D eigenvalue weighted by Crippen LogP contribution is -2.04. The predicted molar refractivity (Wildman–Crippen MR) is 91.2 cm³/mol. The normalized spacial score (nSPS) is 18.2. The molecular weight excluding hydrogens is 302 g/mol. The Balaban J connectivity index is 1.61. The minimum absolute atomic E-state index is 0.540. The first-order chi connectivity index (χ1) is 10.3. The molecule has 1 aromatic heterocycles. The lowest BCUT2D eigenvalue weighted by Gasteiger charge is -2.11. The molecule has 0 fully saturated rings. The van der Waals surface area contributed by atoms with Crippen LogP contribution in [-0.4, -0.2) is 11.2 Å². The average molecular weight is 318 g/mol. The second-order valence-electron chi connectivity index (χ2n) is 4.98. The molecule has 2 aromatic rings. The van der Waals surface area contributed by atoms with E-state index in [-0.39, 0.29) is 0 Å². The summed E-state index contributed by atoms with van der Waals surface area (Å²) in [6, 6.07) is 7.69. The number of allylic oxidation sites excluding steroid dienone is 2. The van der Waals surface area contributed by atoms with E-state index in [2.05, 4.69) is 27.7 Å². The summed E-state index contributed by atoms with van der Waals surface area (Å²) in [5, 5.41) is 7.87. The van der Waals surface area contributed by atoms with Crippen molar-refractivity contribution in [1.82, 2.24) is 4.98 Å². The topological polar surface area (TPSA) is 37.3 Å². The summed E-state index contributed by atoms with van der Waals surface area (Å²) in [4.78, 5) is 4.53. The van der Waals surface area contributed by atoms with Crippen LogP contribution in [0.5, 0.6) is 0 Å². The molecule has 1 heterocycles. The average Bonchev–Trinajstić information content (AvgIpc) is 2.98. The summed E-state index contributed by atoms with van der Waals surface area (Å²) in [6.07, 6.45) is 9.86. The lowest BCUT2D eigenvalue weighted by atomic mass is 9.96. The molecular formula is C16H16ClN3S. The molecule has 1 aliphatic carbocycles. The van der Waals surface area contributed by atoms with Gasteiger partial charge in [0.15, 0.2) is 0 Å². The van der Waals surface area contributed by atoms with Gasteiger partial charge >= 0.3 is 0 Å². The Hall–Kier alpha value is -1.65. The Kier molecular flexibility index (Phi) is 4.68. The zero-order chi connectivity index (χ0) is 14.5. The number of thiazole rings is 1. The van der Waals surface area contributed by atoms with Crippen molar-refractivity contribution in [3.63, 3.8) is 0 Å². The van der Waals surface area contributed by atoms with E-state index >= 15 is 0 Å². The van der Waals surface area contributed by atoms with Crippen molar-refractivity contribution >= 4 is 34.3 Å². The number of nitrogens with zero attached hydrogens (tertiary/aromatic N) is 2. The highest BCUT2D eigenvalue weighted by Gasteiger charge is 2.07. The van der Waals surface area contributed by atoms with E-state index in [9.17, 15) is 0 Å². The summed E-state index contributed by atoms with van der Waals surface area (Å²) in [7, 11) is 0. The highest BCUT2D eigenvalue weighted by Crippen LogP contribution is 2.26. The number of hydrogen-bond acceptors (Lipinski definition) is 4. The van der Waals surface area contributed by atoms with Crippen LogP contribution in [0.15, 0.2) is 46.9 Å². The van der Waals surface area contributed by atoms with Crippen molar-refractivity contribution in [2.75, 3.05) is 5.43 Å². The monoisotopic (exact) mass is 317 g/mol. The van der Waals surface area contributed by atoms with Crippen LogP contribution < -0.4 is 5.43 Å². The maximum absolute atomic E-state index is 5.89. The number of anilines is 1. The van der Waals surface area contributed by atoms with Crippen LogP contribution in [0.3, 0.4) is 0 Å². The second kappa shape index (κ2) is 6.87. The number of halogens is 1. The van der Waals surface area contributed by atoms with Gasteiger partial charge in [0.2, 0.25) is 5.13 Å². The standard InChI is InChI=1S/C16H16ClN3S/c17-14-8-6-13(7-9-14)15-11-21-16(19-15)20-18-10-12-4-2-1-3-5-12/h1-2,6-12H,3-5H2,(H,19,20). The largest absolute Gasteiger partial charge is 0.253 e. The summed E-state index contributed by atoms with van der Waals surface area (Å²) in [5.74, 6) is 0.540. The quantitative estimate of drug-likeness (QED) is 0.477. The number of rotatable bonds is 4. The Morgan fingerprint density at radius 1 is 1.29 bits per heavy atom. The third-order valence-electron chi connectivity index (χ3n) is 3.40. The predicted octanol–water partition coefficient (Wildman–Crippen LogP) is 5.22. The van der Waals surface area contributed by atoms with E-state index in [1.54, 1.807) is 11.3 Å². The van der Waals surface area contributed by atoms with E-state index in [0.29, 0.717) is 5.92 Å². The lowest BCUT2D eigenvalue weighted by molar-refractivity contribution is 0.627. The molecule has 1 unspecified atom stereocenters. The zero-order valence-corrected chi connectivity index (χ0v) is 13.1. The van der Waals surface area contributed by atoms with Gasteiger partial charge in [-0.05, 0) is 37.3 Å². The number of nitrogens with one attached hydrogen (secondary N) is 1.